The zero-order valence-corrected chi connectivity index (χ0v) is 8.05. The molecule has 0 fully saturated rings. The van der Waals surface area contributed by atoms with Gasteiger partial charge in [-0.05, 0) is 13.0 Å². The summed E-state index contributed by atoms with van der Waals surface area (Å²) < 4.78 is 55.4. The van der Waals surface area contributed by atoms with Gasteiger partial charge in [-0.1, -0.05) is 6.07 Å². The van der Waals surface area contributed by atoms with Gasteiger partial charge in [-0.3, -0.25) is 4.55 Å². The van der Waals surface area contributed by atoms with Gasteiger partial charge < -0.3 is 0 Å². The summed E-state index contributed by atoms with van der Waals surface area (Å²) in [5.74, 6) is -1.79. The third-order valence-electron chi connectivity index (χ3n) is 1.85. The van der Waals surface area contributed by atoms with Gasteiger partial charge in [0, 0.05) is 11.6 Å². The van der Waals surface area contributed by atoms with E-state index in [4.69, 9.17) is 4.55 Å². The molecule has 1 rings (SSSR count). The van der Waals surface area contributed by atoms with Crippen LogP contribution in [0.1, 0.15) is 17.7 Å². The van der Waals surface area contributed by atoms with Crippen LogP contribution in [-0.4, -0.2) is 13.0 Å². The van der Waals surface area contributed by atoms with Crippen LogP contribution in [0.3, 0.4) is 0 Å². The van der Waals surface area contributed by atoms with E-state index in [2.05, 4.69) is 0 Å². The van der Waals surface area contributed by atoms with Gasteiger partial charge in [-0.25, -0.2) is 8.78 Å². The van der Waals surface area contributed by atoms with E-state index in [-0.39, 0.29) is 5.56 Å². The van der Waals surface area contributed by atoms with Crippen LogP contribution in [0.4, 0.5) is 8.78 Å². The second-order valence-electron chi connectivity index (χ2n) is 2.82. The Kier molecular flexibility index (Phi) is 2.86. The van der Waals surface area contributed by atoms with E-state index >= 15 is 0 Å². The van der Waals surface area contributed by atoms with Gasteiger partial charge >= 0.3 is 0 Å². The van der Waals surface area contributed by atoms with E-state index < -0.39 is 27.0 Å². The first kappa shape index (κ1) is 11.1. The Balaban J connectivity index is 3.21. The zero-order valence-electron chi connectivity index (χ0n) is 7.24. The highest BCUT2D eigenvalue weighted by Gasteiger charge is 2.22. The fraction of sp³-hybridized carbons (Fsp3) is 0.250. The first-order chi connectivity index (χ1) is 6.32. The van der Waals surface area contributed by atoms with Crippen LogP contribution in [0.2, 0.25) is 0 Å². The SMILES string of the molecule is CC(c1ccc(F)cc1F)S(=O)(=O)O. The van der Waals surface area contributed by atoms with Crippen LogP contribution in [0.25, 0.3) is 0 Å². The van der Waals surface area contributed by atoms with Gasteiger partial charge in [-0.15, -0.1) is 0 Å². The smallest absolute Gasteiger partial charge is 0.271 e. The summed E-state index contributed by atoms with van der Waals surface area (Å²) in [5.41, 5.74) is -0.256. The summed E-state index contributed by atoms with van der Waals surface area (Å²) >= 11 is 0. The predicted octanol–water partition coefficient (Wildman–Crippen LogP) is 1.91. The molecule has 0 aromatic heterocycles. The molecule has 1 aromatic carbocycles. The molecule has 14 heavy (non-hydrogen) atoms. The molecular weight excluding hydrogens is 214 g/mol. The van der Waals surface area contributed by atoms with Gasteiger partial charge in [-0.2, -0.15) is 8.42 Å². The van der Waals surface area contributed by atoms with E-state index in [1.54, 1.807) is 0 Å². The average molecular weight is 222 g/mol. The summed E-state index contributed by atoms with van der Waals surface area (Å²) in [5, 5.41) is -1.40. The van der Waals surface area contributed by atoms with Gasteiger partial charge in [0.2, 0.25) is 0 Å². The maximum atomic E-state index is 13.0. The van der Waals surface area contributed by atoms with Crippen molar-refractivity contribution >= 4 is 10.1 Å². The molecule has 1 atom stereocenters. The number of benzene rings is 1. The van der Waals surface area contributed by atoms with E-state index in [0.29, 0.717) is 6.07 Å². The quantitative estimate of drug-likeness (QED) is 0.777. The molecule has 0 saturated heterocycles. The molecule has 0 heterocycles. The fourth-order valence-corrected chi connectivity index (χ4v) is 1.50. The fourth-order valence-electron chi connectivity index (χ4n) is 0.992. The van der Waals surface area contributed by atoms with Crippen molar-refractivity contribution in [3.05, 3.63) is 35.4 Å². The Morgan fingerprint density at radius 2 is 1.93 bits per heavy atom. The van der Waals surface area contributed by atoms with E-state index in [0.717, 1.165) is 19.1 Å². The Bertz CT molecular complexity index is 442. The monoisotopic (exact) mass is 222 g/mol. The van der Waals surface area contributed by atoms with E-state index in [1.807, 2.05) is 0 Å². The van der Waals surface area contributed by atoms with Crippen molar-refractivity contribution in [2.45, 2.75) is 12.2 Å². The standard InChI is InChI=1S/C8H8F2O3S/c1-5(14(11,12)13)7-3-2-6(9)4-8(7)10/h2-5H,1H3,(H,11,12,13). The largest absolute Gasteiger partial charge is 0.285 e. The molecule has 1 N–H and O–H groups in total. The van der Waals surface area contributed by atoms with Crippen molar-refractivity contribution in [2.24, 2.45) is 0 Å². The van der Waals surface area contributed by atoms with Crippen molar-refractivity contribution in [2.75, 3.05) is 0 Å². The second kappa shape index (κ2) is 3.62. The highest BCUT2D eigenvalue weighted by Crippen LogP contribution is 2.23. The van der Waals surface area contributed by atoms with Gasteiger partial charge in [0.25, 0.3) is 10.1 Å². The average Bonchev–Trinajstić information content (AvgIpc) is 2.01. The summed E-state index contributed by atoms with van der Waals surface area (Å²) in [6.45, 7) is 1.12. The Labute approximate surface area is 80.1 Å². The molecule has 0 spiro atoms. The third-order valence-corrected chi connectivity index (χ3v) is 2.99. The molecule has 78 valence electrons. The van der Waals surface area contributed by atoms with Crippen molar-refractivity contribution in [1.29, 1.82) is 0 Å². The molecule has 0 aliphatic heterocycles. The van der Waals surface area contributed by atoms with Crippen LogP contribution < -0.4 is 0 Å². The lowest BCUT2D eigenvalue weighted by Crippen LogP contribution is -2.10. The zero-order chi connectivity index (χ0) is 10.9. The molecule has 0 radical (unpaired) electrons. The molecule has 6 heteroatoms. The lowest BCUT2D eigenvalue weighted by molar-refractivity contribution is 0.468. The highest BCUT2D eigenvalue weighted by atomic mass is 32.2. The van der Waals surface area contributed by atoms with Crippen molar-refractivity contribution < 1.29 is 21.8 Å². The molecule has 0 amide bonds. The van der Waals surface area contributed by atoms with Crippen LogP contribution in [0.15, 0.2) is 18.2 Å². The Morgan fingerprint density at radius 3 is 2.36 bits per heavy atom. The third kappa shape index (κ3) is 2.27. The van der Waals surface area contributed by atoms with Crippen molar-refractivity contribution in [3.8, 4) is 0 Å². The molecular formula is C8H8F2O3S. The number of rotatable bonds is 2. The van der Waals surface area contributed by atoms with Crippen LogP contribution >= 0.6 is 0 Å². The molecule has 0 aliphatic rings. The van der Waals surface area contributed by atoms with Gasteiger partial charge in [0.05, 0.1) is 0 Å². The summed E-state index contributed by atoms with van der Waals surface area (Å²) in [7, 11) is -4.35. The first-order valence-electron chi connectivity index (χ1n) is 3.73. The Hall–Kier alpha value is -1.01. The summed E-state index contributed by atoms with van der Waals surface area (Å²) in [6.07, 6.45) is 0. The van der Waals surface area contributed by atoms with Crippen LogP contribution in [-0.2, 0) is 10.1 Å². The van der Waals surface area contributed by atoms with Gasteiger partial charge in [0.15, 0.2) is 0 Å². The molecule has 1 aromatic rings. The lowest BCUT2D eigenvalue weighted by atomic mass is 10.1. The summed E-state index contributed by atoms with van der Waals surface area (Å²) in [6, 6.07) is 2.49. The number of halogens is 2. The van der Waals surface area contributed by atoms with Crippen LogP contribution in [0.5, 0.6) is 0 Å². The minimum absolute atomic E-state index is 0.256. The van der Waals surface area contributed by atoms with Crippen molar-refractivity contribution in [1.82, 2.24) is 0 Å². The van der Waals surface area contributed by atoms with Crippen molar-refractivity contribution in [3.63, 3.8) is 0 Å². The summed E-state index contributed by atoms with van der Waals surface area (Å²) in [4.78, 5) is 0. The Morgan fingerprint density at radius 1 is 1.36 bits per heavy atom. The maximum absolute atomic E-state index is 13.0. The molecule has 0 saturated carbocycles. The van der Waals surface area contributed by atoms with Gasteiger partial charge in [0.1, 0.15) is 16.9 Å². The lowest BCUT2D eigenvalue weighted by Gasteiger charge is -2.08. The topological polar surface area (TPSA) is 54.4 Å². The minimum Gasteiger partial charge on any atom is -0.285 e. The normalized spacial score (nSPS) is 14.0. The highest BCUT2D eigenvalue weighted by molar-refractivity contribution is 7.86. The van der Waals surface area contributed by atoms with E-state index in [9.17, 15) is 17.2 Å². The molecule has 0 bridgehead atoms. The number of hydrogen-bond donors (Lipinski definition) is 1. The molecule has 1 unspecified atom stereocenters. The minimum atomic E-state index is -4.35. The molecule has 3 nitrogen and oxygen atoms in total. The second-order valence-corrected chi connectivity index (χ2v) is 4.56. The van der Waals surface area contributed by atoms with Crippen LogP contribution in [0, 0.1) is 11.6 Å². The predicted molar refractivity (Wildman–Crippen MR) is 46.3 cm³/mol. The number of hydrogen-bond acceptors (Lipinski definition) is 2. The van der Waals surface area contributed by atoms with E-state index in [1.165, 1.54) is 0 Å². The first-order valence-corrected chi connectivity index (χ1v) is 5.24. The maximum Gasteiger partial charge on any atom is 0.271 e. The molecule has 0 aliphatic carbocycles.